The minimum atomic E-state index is -1.53. The predicted octanol–water partition coefficient (Wildman–Crippen LogP) is -5.12. The molecule has 1 aliphatic rings. The van der Waals surface area contributed by atoms with Gasteiger partial charge < -0.3 is 53.6 Å². The van der Waals surface area contributed by atoms with E-state index in [-0.39, 0.29) is 57.2 Å². The summed E-state index contributed by atoms with van der Waals surface area (Å²) in [7, 11) is 0. The number of carboxylic acids is 1. The zero-order chi connectivity index (χ0) is 30.8. The Hall–Kier alpha value is -4.48. The molecule has 18 heteroatoms. The fourth-order valence-electron chi connectivity index (χ4n) is 3.66. The van der Waals surface area contributed by atoms with Crippen LogP contribution < -0.4 is 43.4 Å². The van der Waals surface area contributed by atoms with Crippen LogP contribution in [-0.4, -0.2) is 108 Å². The van der Waals surface area contributed by atoms with Crippen molar-refractivity contribution in [3.8, 4) is 0 Å². The highest BCUT2D eigenvalue weighted by Gasteiger charge is 2.29. The summed E-state index contributed by atoms with van der Waals surface area (Å²) in [5.41, 5.74) is 10.6. The van der Waals surface area contributed by atoms with Gasteiger partial charge in [0.2, 0.25) is 35.4 Å². The van der Waals surface area contributed by atoms with Gasteiger partial charge in [0.1, 0.15) is 18.1 Å². The highest BCUT2D eigenvalue weighted by molar-refractivity contribution is 5.97. The largest absolute Gasteiger partial charge is 0.481 e. The zero-order valence-electron chi connectivity index (χ0n) is 22.6. The highest BCUT2D eigenvalue weighted by atomic mass is 16.4. The van der Waals surface area contributed by atoms with Gasteiger partial charge in [-0.15, -0.1) is 0 Å². The lowest BCUT2D eigenvalue weighted by Crippen LogP contribution is -2.55. The van der Waals surface area contributed by atoms with Gasteiger partial charge in [-0.2, -0.15) is 0 Å². The van der Waals surface area contributed by atoms with Gasteiger partial charge in [-0.25, -0.2) is 0 Å². The van der Waals surface area contributed by atoms with Crippen LogP contribution in [0.15, 0.2) is 4.99 Å². The molecule has 0 aromatic rings. The molecule has 1 fully saturated rings. The maximum atomic E-state index is 13.2. The Morgan fingerprint density at radius 3 is 1.98 bits per heavy atom. The molecule has 0 unspecified atom stereocenters. The van der Waals surface area contributed by atoms with E-state index in [1.807, 2.05) is 0 Å². The van der Waals surface area contributed by atoms with E-state index in [9.17, 15) is 33.6 Å². The summed E-state index contributed by atoms with van der Waals surface area (Å²) in [5, 5.41) is 32.3. The topological polar surface area (TPSA) is 297 Å². The van der Waals surface area contributed by atoms with Gasteiger partial charge in [0.25, 0.3) is 0 Å². The number of carbonyl (C=O) groups is 7. The first-order chi connectivity index (χ1) is 19.4. The maximum Gasteiger partial charge on any atom is 0.305 e. The normalized spacial score (nSPS) is 20.6. The fourth-order valence-corrected chi connectivity index (χ4v) is 3.66. The highest BCUT2D eigenvalue weighted by Crippen LogP contribution is 2.05. The molecule has 0 aromatic heterocycles. The number of nitrogens with zero attached hydrogens (tertiary/aromatic N) is 1. The first-order valence-electron chi connectivity index (χ1n) is 13.0. The Balaban J connectivity index is 3.08. The number of nitrogens with two attached hydrogens (primary N) is 2. The fraction of sp³-hybridized carbons (Fsp3) is 0.652. The van der Waals surface area contributed by atoms with Crippen LogP contribution >= 0.6 is 0 Å². The van der Waals surface area contributed by atoms with Crippen molar-refractivity contribution in [2.45, 2.75) is 63.1 Å². The summed E-state index contributed by atoms with van der Waals surface area (Å²) in [6.07, 6.45) is 0.407. The number of guanidine groups is 1. The van der Waals surface area contributed by atoms with Crippen LogP contribution in [0.2, 0.25) is 0 Å². The molecule has 1 rings (SSSR count). The Morgan fingerprint density at radius 2 is 1.39 bits per heavy atom. The van der Waals surface area contributed by atoms with Crippen molar-refractivity contribution in [1.82, 2.24) is 31.9 Å². The number of carbonyl (C=O) groups excluding carboxylic acids is 6. The summed E-state index contributed by atoms with van der Waals surface area (Å²) in [6.45, 7) is -1.12. The molecule has 0 saturated carbocycles. The molecule has 6 amide bonds. The molecule has 0 aromatic carbocycles. The second-order valence-electron chi connectivity index (χ2n) is 9.10. The van der Waals surface area contributed by atoms with E-state index in [4.69, 9.17) is 21.7 Å². The molecule has 230 valence electrons. The van der Waals surface area contributed by atoms with E-state index < -0.39 is 73.1 Å². The van der Waals surface area contributed by atoms with Crippen molar-refractivity contribution in [2.75, 3.05) is 32.8 Å². The standard InChI is InChI=1S/C23H39N9O9/c24-23(25)27-8-3-5-13-20(39)28-12-18(36)31-15(10-19(37)38)21(40)29-11-17(35)30-14(22(41)32-13)4-1-2-7-26-16(34)6-9-33/h13-15,33H,1-12H2,(H,26,34)(H,28,39)(H,29,40)(H,30,35)(H,31,36)(H,32,41)(H,37,38)(H4,24,25,27)/t13-,14-,15-/m0/s1. The Kier molecular flexibility index (Phi) is 15.8. The summed E-state index contributed by atoms with van der Waals surface area (Å²) in [6, 6.07) is -3.82. The second-order valence-corrected chi connectivity index (χ2v) is 9.10. The van der Waals surface area contributed by atoms with Crippen LogP contribution in [-0.2, 0) is 33.6 Å². The monoisotopic (exact) mass is 585 g/mol. The lowest BCUT2D eigenvalue weighted by atomic mass is 10.1. The first-order valence-corrected chi connectivity index (χ1v) is 13.0. The summed E-state index contributed by atoms with van der Waals surface area (Å²) in [5.74, 6) is -5.94. The molecule has 1 saturated heterocycles. The van der Waals surface area contributed by atoms with Crippen LogP contribution in [0.1, 0.15) is 44.9 Å². The zero-order valence-corrected chi connectivity index (χ0v) is 22.6. The lowest BCUT2D eigenvalue weighted by molar-refractivity contribution is -0.140. The summed E-state index contributed by atoms with van der Waals surface area (Å²) in [4.78, 5) is 89.9. The van der Waals surface area contributed by atoms with Gasteiger partial charge in [0.15, 0.2) is 5.96 Å². The molecular weight excluding hydrogens is 546 g/mol. The Labute approximate surface area is 235 Å². The number of hydrogen-bond acceptors (Lipinski definition) is 9. The third-order valence-electron chi connectivity index (χ3n) is 5.69. The van der Waals surface area contributed by atoms with Gasteiger partial charge in [0.05, 0.1) is 26.1 Å². The Bertz CT molecular complexity index is 986. The summed E-state index contributed by atoms with van der Waals surface area (Å²) >= 11 is 0. The number of aliphatic imine (C=N–C) groups is 1. The average Bonchev–Trinajstić information content (AvgIpc) is 2.90. The molecule has 12 N–H and O–H groups in total. The molecule has 3 atom stereocenters. The number of amides is 6. The van der Waals surface area contributed by atoms with Crippen LogP contribution in [0.4, 0.5) is 0 Å². The van der Waals surface area contributed by atoms with E-state index in [1.165, 1.54) is 0 Å². The van der Waals surface area contributed by atoms with Gasteiger partial charge in [0, 0.05) is 19.5 Å². The van der Waals surface area contributed by atoms with Gasteiger partial charge in [-0.3, -0.25) is 38.6 Å². The summed E-state index contributed by atoms with van der Waals surface area (Å²) < 4.78 is 0. The van der Waals surface area contributed by atoms with Crippen molar-refractivity contribution in [1.29, 1.82) is 0 Å². The van der Waals surface area contributed by atoms with Crippen molar-refractivity contribution >= 4 is 47.4 Å². The van der Waals surface area contributed by atoms with E-state index in [1.54, 1.807) is 0 Å². The van der Waals surface area contributed by atoms with Crippen molar-refractivity contribution in [2.24, 2.45) is 16.5 Å². The lowest BCUT2D eigenvalue weighted by Gasteiger charge is -2.23. The van der Waals surface area contributed by atoms with Crippen LogP contribution in [0.3, 0.4) is 0 Å². The number of aliphatic hydroxyl groups excluding tert-OH is 1. The molecule has 1 heterocycles. The molecule has 1 aliphatic heterocycles. The van der Waals surface area contributed by atoms with E-state index >= 15 is 0 Å². The number of aliphatic hydroxyl groups is 1. The molecule has 18 nitrogen and oxygen atoms in total. The van der Waals surface area contributed by atoms with E-state index in [0.717, 1.165) is 0 Å². The Morgan fingerprint density at radius 1 is 0.829 bits per heavy atom. The van der Waals surface area contributed by atoms with Gasteiger partial charge >= 0.3 is 5.97 Å². The number of rotatable bonds is 13. The van der Waals surface area contributed by atoms with Crippen molar-refractivity contribution in [3.63, 3.8) is 0 Å². The van der Waals surface area contributed by atoms with E-state index in [2.05, 4.69) is 36.9 Å². The third kappa shape index (κ3) is 15.0. The molecule has 0 bridgehead atoms. The van der Waals surface area contributed by atoms with Crippen LogP contribution in [0.25, 0.3) is 0 Å². The quantitative estimate of drug-likeness (QED) is 0.0554. The SMILES string of the molecule is NC(N)=NCCC[C@@H]1NC(=O)[C@H](CCCCNC(=O)CCO)NC(=O)CNC(=O)[C@H](CC(=O)O)NC(=O)CNC1=O. The van der Waals surface area contributed by atoms with E-state index in [0.29, 0.717) is 12.8 Å². The molecule has 41 heavy (non-hydrogen) atoms. The predicted molar refractivity (Wildman–Crippen MR) is 143 cm³/mol. The smallest absolute Gasteiger partial charge is 0.305 e. The molecule has 0 spiro atoms. The second kappa shape index (κ2) is 18.7. The molecular formula is C23H39N9O9. The molecule has 0 aliphatic carbocycles. The minimum Gasteiger partial charge on any atom is -0.481 e. The third-order valence-corrected chi connectivity index (χ3v) is 5.69. The first kappa shape index (κ1) is 34.5. The van der Waals surface area contributed by atoms with Crippen LogP contribution in [0.5, 0.6) is 0 Å². The average molecular weight is 586 g/mol. The van der Waals surface area contributed by atoms with Gasteiger partial charge in [-0.1, -0.05) is 0 Å². The van der Waals surface area contributed by atoms with Gasteiger partial charge in [-0.05, 0) is 32.1 Å². The number of aliphatic carboxylic acids is 1. The van der Waals surface area contributed by atoms with Crippen LogP contribution in [0, 0.1) is 0 Å². The number of nitrogens with one attached hydrogen (secondary N) is 6. The van der Waals surface area contributed by atoms with Crippen molar-refractivity contribution < 1.29 is 43.8 Å². The maximum absolute atomic E-state index is 13.2. The number of hydrogen-bond donors (Lipinski definition) is 10. The number of unbranched alkanes of at least 4 members (excludes halogenated alkanes) is 1. The minimum absolute atomic E-state index is 0.0477. The van der Waals surface area contributed by atoms with Crippen molar-refractivity contribution in [3.05, 3.63) is 0 Å². The molecule has 0 radical (unpaired) electrons. The number of carboxylic acid groups (broad SMARTS) is 1.